The van der Waals surface area contributed by atoms with Gasteiger partial charge in [0.15, 0.2) is 5.71 Å². The molecular weight excluding hydrogens is 809 g/mol. The van der Waals surface area contributed by atoms with E-state index in [-0.39, 0.29) is 51.4 Å². The molecule has 14 nitrogen and oxygen atoms in total. The van der Waals surface area contributed by atoms with Crippen LogP contribution < -0.4 is 15.5 Å². The Hall–Kier alpha value is -5.42. The van der Waals surface area contributed by atoms with Crippen LogP contribution >= 0.6 is 0 Å². The average Bonchev–Trinajstić information content (AvgIpc) is 3.50. The summed E-state index contributed by atoms with van der Waals surface area (Å²) in [5, 5.41) is 15.3. The summed E-state index contributed by atoms with van der Waals surface area (Å²) < 4.78 is 74.2. The molecule has 318 valence electrons. The Kier molecular flexibility index (Phi) is 12.7. The Balaban J connectivity index is 1.35. The van der Waals surface area contributed by atoms with Crippen molar-refractivity contribution in [3.63, 3.8) is 0 Å². The zero-order valence-electron chi connectivity index (χ0n) is 34.0. The second-order valence-electron chi connectivity index (χ2n) is 16.3. The largest absolute Gasteiger partial charge is 0.744 e. The summed E-state index contributed by atoms with van der Waals surface area (Å²) in [4.78, 5) is 39.3. The zero-order chi connectivity index (χ0) is 43.6. The number of benzene rings is 3. The highest BCUT2D eigenvalue weighted by molar-refractivity contribution is 7.86. The van der Waals surface area contributed by atoms with Crippen molar-refractivity contribution in [2.75, 3.05) is 28.6 Å². The number of rotatable bonds is 3. The van der Waals surface area contributed by atoms with Crippen LogP contribution in [0.4, 0.5) is 22.7 Å². The van der Waals surface area contributed by atoms with Gasteiger partial charge in [-0.2, -0.15) is 4.58 Å². The molecule has 6 rings (SSSR count). The first-order valence-electron chi connectivity index (χ1n) is 19.8. The number of fused-ring (bicyclic) bond motifs is 7. The van der Waals surface area contributed by atoms with Crippen LogP contribution in [0.5, 0.6) is 0 Å². The Morgan fingerprint density at radius 1 is 0.717 bits per heavy atom. The number of hydrogen-bond donors (Lipinski definition) is 3. The molecule has 0 fully saturated rings. The first kappa shape index (κ1) is 44.1. The van der Waals surface area contributed by atoms with E-state index in [1.807, 2.05) is 58.1 Å². The summed E-state index contributed by atoms with van der Waals surface area (Å²) in [5.41, 5.74) is 3.67. The fourth-order valence-corrected chi connectivity index (χ4v) is 9.26. The summed E-state index contributed by atoms with van der Waals surface area (Å²) in [5.74, 6) is -1.84. The third kappa shape index (κ3) is 9.62. The first-order valence-corrected chi connectivity index (χ1v) is 22.7. The van der Waals surface area contributed by atoms with E-state index in [1.165, 1.54) is 42.5 Å². The normalized spacial score (nSPS) is 21.0. The molecule has 3 aromatic carbocycles. The number of carbonyl (C=O) groups excluding carboxylic acids is 2. The maximum Gasteiger partial charge on any atom is 0.335 e. The Morgan fingerprint density at radius 2 is 1.30 bits per heavy atom. The van der Waals surface area contributed by atoms with Gasteiger partial charge in [-0.05, 0) is 99.7 Å². The Morgan fingerprint density at radius 3 is 1.90 bits per heavy atom. The lowest BCUT2D eigenvalue weighted by molar-refractivity contribution is -0.438. The number of amides is 2. The number of allylic oxidation sites excluding steroid dienone is 6. The van der Waals surface area contributed by atoms with Crippen molar-refractivity contribution in [2.24, 2.45) is 0 Å². The van der Waals surface area contributed by atoms with E-state index in [1.54, 1.807) is 12.1 Å². The third-order valence-corrected chi connectivity index (χ3v) is 13.0. The van der Waals surface area contributed by atoms with Gasteiger partial charge in [0.1, 0.15) is 26.8 Å². The smallest absolute Gasteiger partial charge is 0.335 e. The van der Waals surface area contributed by atoms with Crippen molar-refractivity contribution in [1.82, 2.24) is 0 Å². The van der Waals surface area contributed by atoms with Crippen molar-refractivity contribution in [1.29, 1.82) is 0 Å². The van der Waals surface area contributed by atoms with E-state index >= 15 is 0 Å². The van der Waals surface area contributed by atoms with Gasteiger partial charge in [-0.15, -0.1) is 0 Å². The monoisotopic (exact) mass is 857 g/mol. The van der Waals surface area contributed by atoms with Crippen molar-refractivity contribution in [2.45, 2.75) is 99.7 Å². The van der Waals surface area contributed by atoms with E-state index in [2.05, 4.69) is 20.1 Å². The highest BCUT2D eigenvalue weighted by Gasteiger charge is 2.44. The fourth-order valence-electron chi connectivity index (χ4n) is 8.27. The van der Waals surface area contributed by atoms with Gasteiger partial charge in [0, 0.05) is 71.7 Å². The molecule has 3 aliphatic heterocycles. The fraction of sp³-hybridized carbons (Fsp3) is 0.364. The summed E-state index contributed by atoms with van der Waals surface area (Å²) in [7, 11) is -9.41. The van der Waals surface area contributed by atoms with Gasteiger partial charge in [0.2, 0.25) is 17.5 Å². The van der Waals surface area contributed by atoms with E-state index in [9.17, 15) is 45.4 Å². The zero-order valence-corrected chi connectivity index (χ0v) is 35.6. The van der Waals surface area contributed by atoms with Crippen molar-refractivity contribution >= 4 is 66.5 Å². The number of nitrogens with zero attached hydrogens (tertiary/aromatic N) is 2. The lowest BCUT2D eigenvalue weighted by Gasteiger charge is -2.27. The number of carbonyl (C=O) groups is 3. The number of aromatic carboxylic acids is 1. The Labute approximate surface area is 350 Å². The van der Waals surface area contributed by atoms with Gasteiger partial charge < -0.3 is 29.7 Å². The molecule has 3 aromatic rings. The number of carboxylic acids is 1. The molecule has 60 heavy (non-hydrogen) atoms. The molecule has 2 bridgehead atoms. The van der Waals surface area contributed by atoms with Gasteiger partial charge in [-0.25, -0.2) is 21.6 Å². The van der Waals surface area contributed by atoms with Gasteiger partial charge in [-0.3, -0.25) is 9.59 Å². The molecule has 3 aliphatic rings. The van der Waals surface area contributed by atoms with Gasteiger partial charge in [-0.1, -0.05) is 38.5 Å². The molecule has 0 radical (unpaired) electrons. The highest BCUT2D eigenvalue weighted by atomic mass is 32.2. The predicted octanol–water partition coefficient (Wildman–Crippen LogP) is 7.07. The average molecular weight is 858 g/mol. The maximum absolute atomic E-state index is 13.0. The van der Waals surface area contributed by atoms with Crippen LogP contribution in [0, 0.1) is 0 Å². The van der Waals surface area contributed by atoms with E-state index in [4.69, 9.17) is 0 Å². The van der Waals surface area contributed by atoms with Crippen LogP contribution in [0.25, 0.3) is 0 Å². The molecule has 3 N–H and O–H groups in total. The highest BCUT2D eigenvalue weighted by Crippen LogP contribution is 2.49. The summed E-state index contributed by atoms with van der Waals surface area (Å²) in [6.45, 7) is 8.91. The lowest BCUT2D eigenvalue weighted by Crippen LogP contribution is -2.28. The summed E-state index contributed by atoms with van der Waals surface area (Å²) in [6.07, 6.45) is 13.6. The molecule has 0 spiro atoms. The van der Waals surface area contributed by atoms with E-state index in [0.29, 0.717) is 62.7 Å². The maximum atomic E-state index is 13.0. The molecule has 0 aromatic heterocycles. The second-order valence-corrected chi connectivity index (χ2v) is 19.1. The van der Waals surface area contributed by atoms with Gasteiger partial charge >= 0.3 is 5.97 Å². The van der Waals surface area contributed by atoms with E-state index < -0.39 is 37.0 Å². The molecule has 2 amide bonds. The van der Waals surface area contributed by atoms with Crippen LogP contribution in [-0.2, 0) is 40.7 Å². The van der Waals surface area contributed by atoms with Crippen molar-refractivity contribution in [3.05, 3.63) is 107 Å². The van der Waals surface area contributed by atoms with E-state index in [0.717, 1.165) is 22.8 Å². The summed E-state index contributed by atoms with van der Waals surface area (Å²) >= 11 is 0. The van der Waals surface area contributed by atoms with Crippen LogP contribution in [0.15, 0.2) is 100 Å². The number of carboxylic acid groups (broad SMARTS) is 1. The quantitative estimate of drug-likeness (QED) is 0.179. The molecule has 0 saturated carbocycles. The van der Waals surface area contributed by atoms with Gasteiger partial charge in [0.25, 0.3) is 0 Å². The predicted molar refractivity (Wildman–Crippen MR) is 226 cm³/mol. The minimum atomic E-state index is -4.71. The van der Waals surface area contributed by atoms with Crippen molar-refractivity contribution in [3.8, 4) is 0 Å². The first-order chi connectivity index (χ1) is 28.2. The van der Waals surface area contributed by atoms with Crippen LogP contribution in [0.1, 0.15) is 101 Å². The molecular formula is C44H49N4O10S2-. The molecule has 0 atom stereocenters. The SMILES string of the molecule is CC1(C)C2=[N+](CCCCCC(=O)Nc3cc(cc(C(=O)O)c3)NC(=O)CCCCCN3/C(=C/C=C/C=C/2)C(C)(C)c2cc(S(=O)(=O)[O-])ccc23)c2ccc(S(=O)(=O)[O-])cc21. The number of nitrogens with one attached hydrogen (secondary N) is 2. The standard InChI is InChI=1S/C44H50N4O10S2/c1-43(2)34-27-32(59(53,54)55)18-20-36(34)47-22-12-6-10-16-40(49)45-30-24-29(42(51)52)25-31(26-30)46-41(50)17-11-7-13-23-48-37-21-19-33(60(56,57)58)28-35(37)44(3,4)39(48)15-9-5-8-14-38(43)47/h5,8-9,14-15,18-21,24-28H,6-7,10-13,16-17,22-23H2,1-4H3,(H4-,45,46,49,50,51,52,53,54,55,56,57,58)/p-1. The minimum Gasteiger partial charge on any atom is -0.744 e. The topological polar surface area (TPSA) is 216 Å². The van der Waals surface area contributed by atoms with Crippen LogP contribution in [0.3, 0.4) is 0 Å². The molecule has 16 heteroatoms. The summed E-state index contributed by atoms with van der Waals surface area (Å²) in [6, 6.07) is 13.0. The number of hydrogen-bond acceptors (Lipinski definition) is 10. The van der Waals surface area contributed by atoms with Crippen LogP contribution in [-0.4, -0.2) is 72.2 Å². The molecule has 0 saturated heterocycles. The minimum absolute atomic E-state index is 0.0985. The molecule has 0 unspecified atom stereocenters. The van der Waals surface area contributed by atoms with Gasteiger partial charge in [0.05, 0.1) is 20.8 Å². The second kappa shape index (κ2) is 17.3. The van der Waals surface area contributed by atoms with Crippen molar-refractivity contribution < 1.29 is 50.0 Å². The molecule has 3 heterocycles. The Bertz CT molecular complexity index is 2590. The molecule has 0 aliphatic carbocycles. The number of anilines is 3. The van der Waals surface area contributed by atoms with Crippen LogP contribution in [0.2, 0.25) is 0 Å². The third-order valence-electron chi connectivity index (χ3n) is 11.4. The lowest BCUT2D eigenvalue weighted by atomic mass is 9.81.